The van der Waals surface area contributed by atoms with Crippen molar-refractivity contribution in [1.82, 2.24) is 9.80 Å². The van der Waals surface area contributed by atoms with Crippen LogP contribution in [0.2, 0.25) is 0 Å². The molecular formula is C11H24N2O2. The minimum Gasteiger partial charge on any atom is -0.382 e. The normalized spacial score (nSPS) is 21.8. The number of piperazine rings is 1. The topological polar surface area (TPSA) is 24.9 Å². The lowest BCUT2D eigenvalue weighted by atomic mass is 10.2. The molecule has 1 aliphatic rings. The molecule has 0 spiro atoms. The molecule has 4 heteroatoms. The summed E-state index contributed by atoms with van der Waals surface area (Å²) >= 11 is 0. The molecule has 1 rings (SSSR count). The maximum absolute atomic E-state index is 5.37. The standard InChI is InChI=1S/C11H24N2O2/c1-4-12-5-7-13(8-6-12)9-11(15-3)10-14-2/h11H,4-10H2,1-3H3. The van der Waals surface area contributed by atoms with Crippen LogP contribution in [0, 0.1) is 0 Å². The van der Waals surface area contributed by atoms with Gasteiger partial charge in [-0.15, -0.1) is 0 Å². The van der Waals surface area contributed by atoms with Crippen molar-refractivity contribution in [3.05, 3.63) is 0 Å². The minimum absolute atomic E-state index is 0.211. The highest BCUT2D eigenvalue weighted by Gasteiger charge is 2.18. The Morgan fingerprint density at radius 1 is 1.07 bits per heavy atom. The number of hydrogen-bond donors (Lipinski definition) is 0. The average Bonchev–Trinajstić information content (AvgIpc) is 2.29. The minimum atomic E-state index is 0.211. The molecule has 0 aromatic heterocycles. The van der Waals surface area contributed by atoms with E-state index in [1.807, 2.05) is 0 Å². The lowest BCUT2D eigenvalue weighted by molar-refractivity contribution is -0.00292. The van der Waals surface area contributed by atoms with E-state index in [1.54, 1.807) is 14.2 Å². The molecular weight excluding hydrogens is 192 g/mol. The smallest absolute Gasteiger partial charge is 0.0931 e. The zero-order valence-corrected chi connectivity index (χ0v) is 10.2. The van der Waals surface area contributed by atoms with Crippen LogP contribution < -0.4 is 0 Å². The van der Waals surface area contributed by atoms with Crippen LogP contribution in [-0.4, -0.2) is 76.0 Å². The Kier molecular flexibility index (Phi) is 6.17. The highest BCUT2D eigenvalue weighted by Crippen LogP contribution is 2.03. The molecule has 1 saturated heterocycles. The third kappa shape index (κ3) is 4.47. The van der Waals surface area contributed by atoms with Gasteiger partial charge in [-0.05, 0) is 6.54 Å². The van der Waals surface area contributed by atoms with Gasteiger partial charge in [0.2, 0.25) is 0 Å². The fourth-order valence-electron chi connectivity index (χ4n) is 1.96. The SMILES string of the molecule is CCN1CCN(CC(COC)OC)CC1. The van der Waals surface area contributed by atoms with Gasteiger partial charge < -0.3 is 14.4 Å². The Morgan fingerprint density at radius 3 is 2.13 bits per heavy atom. The monoisotopic (exact) mass is 216 g/mol. The van der Waals surface area contributed by atoms with Crippen molar-refractivity contribution in [2.45, 2.75) is 13.0 Å². The summed E-state index contributed by atoms with van der Waals surface area (Å²) in [4.78, 5) is 4.94. The van der Waals surface area contributed by atoms with Gasteiger partial charge in [-0.1, -0.05) is 6.92 Å². The van der Waals surface area contributed by atoms with Crippen LogP contribution >= 0.6 is 0 Å². The molecule has 1 fully saturated rings. The summed E-state index contributed by atoms with van der Waals surface area (Å²) in [5, 5.41) is 0. The molecule has 0 N–H and O–H groups in total. The van der Waals surface area contributed by atoms with E-state index in [2.05, 4.69) is 16.7 Å². The lowest BCUT2D eigenvalue weighted by Gasteiger charge is -2.35. The Labute approximate surface area is 93.1 Å². The Bertz CT molecular complexity index is 159. The van der Waals surface area contributed by atoms with Gasteiger partial charge >= 0.3 is 0 Å². The van der Waals surface area contributed by atoms with Crippen molar-refractivity contribution in [3.63, 3.8) is 0 Å². The van der Waals surface area contributed by atoms with Crippen LogP contribution in [0.25, 0.3) is 0 Å². The molecule has 1 unspecified atom stereocenters. The molecule has 0 aromatic carbocycles. The number of methoxy groups -OCH3 is 2. The van der Waals surface area contributed by atoms with E-state index in [-0.39, 0.29) is 6.10 Å². The van der Waals surface area contributed by atoms with Gasteiger partial charge in [-0.3, -0.25) is 4.90 Å². The van der Waals surface area contributed by atoms with Gasteiger partial charge in [0, 0.05) is 46.9 Å². The van der Waals surface area contributed by atoms with Gasteiger partial charge in [0.1, 0.15) is 0 Å². The molecule has 1 aliphatic heterocycles. The van der Waals surface area contributed by atoms with Crippen LogP contribution in [0.1, 0.15) is 6.92 Å². The van der Waals surface area contributed by atoms with Crippen molar-refractivity contribution >= 4 is 0 Å². The third-order valence-electron chi connectivity index (χ3n) is 3.06. The Hall–Kier alpha value is -0.160. The first-order chi connectivity index (χ1) is 7.30. The van der Waals surface area contributed by atoms with E-state index in [1.165, 1.54) is 19.6 Å². The summed E-state index contributed by atoms with van der Waals surface area (Å²) in [6.45, 7) is 9.72. The molecule has 0 saturated carbocycles. The summed E-state index contributed by atoms with van der Waals surface area (Å²) in [5.41, 5.74) is 0. The van der Waals surface area contributed by atoms with E-state index in [9.17, 15) is 0 Å². The molecule has 15 heavy (non-hydrogen) atoms. The van der Waals surface area contributed by atoms with Crippen molar-refractivity contribution in [2.75, 3.05) is 60.1 Å². The summed E-state index contributed by atoms with van der Waals surface area (Å²) in [6, 6.07) is 0. The highest BCUT2D eigenvalue weighted by atomic mass is 16.5. The zero-order chi connectivity index (χ0) is 11.1. The van der Waals surface area contributed by atoms with Crippen molar-refractivity contribution in [2.24, 2.45) is 0 Å². The van der Waals surface area contributed by atoms with E-state index in [0.717, 1.165) is 19.6 Å². The van der Waals surface area contributed by atoms with Gasteiger partial charge in [0.15, 0.2) is 0 Å². The summed E-state index contributed by atoms with van der Waals surface area (Å²) in [7, 11) is 3.48. The van der Waals surface area contributed by atoms with Gasteiger partial charge in [-0.2, -0.15) is 0 Å². The molecule has 0 aliphatic carbocycles. The Morgan fingerprint density at radius 2 is 1.67 bits per heavy atom. The van der Waals surface area contributed by atoms with Gasteiger partial charge in [0.25, 0.3) is 0 Å². The van der Waals surface area contributed by atoms with Crippen LogP contribution in [0.15, 0.2) is 0 Å². The fourth-order valence-corrected chi connectivity index (χ4v) is 1.96. The second kappa shape index (κ2) is 7.17. The molecule has 1 atom stereocenters. The third-order valence-corrected chi connectivity index (χ3v) is 3.06. The second-order valence-corrected chi connectivity index (χ2v) is 4.05. The van der Waals surface area contributed by atoms with Gasteiger partial charge in [0.05, 0.1) is 12.7 Å². The van der Waals surface area contributed by atoms with Crippen LogP contribution in [0.3, 0.4) is 0 Å². The van der Waals surface area contributed by atoms with Gasteiger partial charge in [-0.25, -0.2) is 0 Å². The van der Waals surface area contributed by atoms with E-state index >= 15 is 0 Å². The number of rotatable bonds is 6. The molecule has 1 heterocycles. The number of likely N-dealkylation sites (N-methyl/N-ethyl adjacent to an activating group) is 1. The first-order valence-electron chi connectivity index (χ1n) is 5.76. The summed E-state index contributed by atoms with van der Waals surface area (Å²) in [5.74, 6) is 0. The van der Waals surface area contributed by atoms with Crippen LogP contribution in [0.4, 0.5) is 0 Å². The van der Waals surface area contributed by atoms with Crippen LogP contribution in [-0.2, 0) is 9.47 Å². The maximum atomic E-state index is 5.37. The largest absolute Gasteiger partial charge is 0.382 e. The second-order valence-electron chi connectivity index (χ2n) is 4.05. The Balaban J connectivity index is 2.21. The molecule has 0 amide bonds. The highest BCUT2D eigenvalue weighted by molar-refractivity contribution is 4.73. The van der Waals surface area contributed by atoms with Crippen LogP contribution in [0.5, 0.6) is 0 Å². The predicted molar refractivity (Wildman–Crippen MR) is 61.2 cm³/mol. The van der Waals surface area contributed by atoms with Crippen molar-refractivity contribution in [1.29, 1.82) is 0 Å². The van der Waals surface area contributed by atoms with E-state index < -0.39 is 0 Å². The van der Waals surface area contributed by atoms with Crippen molar-refractivity contribution < 1.29 is 9.47 Å². The molecule has 0 radical (unpaired) electrons. The fraction of sp³-hybridized carbons (Fsp3) is 1.00. The first kappa shape index (κ1) is 12.9. The average molecular weight is 216 g/mol. The number of ether oxygens (including phenoxy) is 2. The maximum Gasteiger partial charge on any atom is 0.0931 e. The molecule has 0 bridgehead atoms. The predicted octanol–water partition coefficient (Wildman–Crippen LogP) is 0.285. The lowest BCUT2D eigenvalue weighted by Crippen LogP contribution is -2.49. The van der Waals surface area contributed by atoms with E-state index in [4.69, 9.17) is 9.47 Å². The number of hydrogen-bond acceptors (Lipinski definition) is 4. The zero-order valence-electron chi connectivity index (χ0n) is 10.2. The first-order valence-corrected chi connectivity index (χ1v) is 5.76. The quantitative estimate of drug-likeness (QED) is 0.637. The summed E-state index contributed by atoms with van der Waals surface area (Å²) in [6.07, 6.45) is 0.211. The number of nitrogens with zero attached hydrogens (tertiary/aromatic N) is 2. The molecule has 4 nitrogen and oxygen atoms in total. The van der Waals surface area contributed by atoms with Crippen molar-refractivity contribution in [3.8, 4) is 0 Å². The molecule has 90 valence electrons. The molecule has 0 aromatic rings. The summed E-state index contributed by atoms with van der Waals surface area (Å²) < 4.78 is 10.5. The van der Waals surface area contributed by atoms with E-state index in [0.29, 0.717) is 6.61 Å².